The van der Waals surface area contributed by atoms with E-state index in [0.29, 0.717) is 23.7 Å². The first-order valence-corrected chi connectivity index (χ1v) is 5.74. The van der Waals surface area contributed by atoms with Gasteiger partial charge in [-0.05, 0) is 6.07 Å². The Morgan fingerprint density at radius 2 is 2.19 bits per heavy atom. The van der Waals surface area contributed by atoms with Gasteiger partial charge in [0, 0.05) is 23.2 Å². The van der Waals surface area contributed by atoms with Crippen molar-refractivity contribution in [1.29, 1.82) is 0 Å². The molecule has 5 heteroatoms. The maximum absolute atomic E-state index is 11.1. The van der Waals surface area contributed by atoms with E-state index in [-0.39, 0.29) is 0 Å². The molecule has 4 N–H and O–H groups in total. The average Bonchev–Trinajstić information content (AvgIpc) is 2.65. The van der Waals surface area contributed by atoms with Crippen molar-refractivity contribution in [3.63, 3.8) is 0 Å². The van der Waals surface area contributed by atoms with Crippen LogP contribution in [0, 0.1) is 0 Å². The van der Waals surface area contributed by atoms with Gasteiger partial charge >= 0.3 is 5.97 Å². The van der Waals surface area contributed by atoms with Crippen LogP contribution in [-0.4, -0.2) is 24.2 Å². The number of hydrogen-bond acceptors (Lipinski definition) is 4. The Labute approximate surface area is 96.7 Å². The predicted molar refractivity (Wildman–Crippen MR) is 66.3 cm³/mol. The molecule has 4 nitrogen and oxygen atoms in total. The molecule has 1 heterocycles. The van der Waals surface area contributed by atoms with Gasteiger partial charge in [0.2, 0.25) is 0 Å². The van der Waals surface area contributed by atoms with Gasteiger partial charge in [-0.25, -0.2) is 4.79 Å². The second-order valence-corrected chi connectivity index (χ2v) is 4.38. The van der Waals surface area contributed by atoms with Crippen molar-refractivity contribution in [3.05, 3.63) is 29.1 Å². The second kappa shape index (κ2) is 4.51. The van der Waals surface area contributed by atoms with Crippen molar-refractivity contribution in [2.75, 3.05) is 18.4 Å². The lowest BCUT2D eigenvalue weighted by atomic mass is 10.2. The third-order valence-corrected chi connectivity index (χ3v) is 3.39. The van der Waals surface area contributed by atoms with Crippen molar-refractivity contribution in [2.24, 2.45) is 5.73 Å². The maximum Gasteiger partial charge on any atom is 0.348 e. The Bertz CT molecular complexity index is 522. The molecule has 0 aliphatic heterocycles. The standard InChI is InChI=1S/C11H12N2O2S/c12-5-6-13-9-7-3-1-2-4-8(7)16-10(9)11(14)15/h1-4,13H,5-6,12H2,(H,14,15). The van der Waals surface area contributed by atoms with Crippen LogP contribution in [0.4, 0.5) is 5.69 Å². The van der Waals surface area contributed by atoms with E-state index >= 15 is 0 Å². The number of nitrogens with one attached hydrogen (secondary N) is 1. The molecule has 0 fully saturated rings. The molecule has 84 valence electrons. The molecular formula is C11H12N2O2S. The van der Waals surface area contributed by atoms with Crippen molar-refractivity contribution in [1.82, 2.24) is 0 Å². The number of anilines is 1. The number of rotatable bonds is 4. The van der Waals surface area contributed by atoms with Crippen LogP contribution in [0.15, 0.2) is 24.3 Å². The number of carboxylic acids is 1. The van der Waals surface area contributed by atoms with E-state index in [9.17, 15) is 4.79 Å². The van der Waals surface area contributed by atoms with Gasteiger partial charge in [-0.2, -0.15) is 0 Å². The summed E-state index contributed by atoms with van der Waals surface area (Å²) in [4.78, 5) is 11.4. The molecule has 2 rings (SSSR count). The van der Waals surface area contributed by atoms with Crippen LogP contribution in [0.5, 0.6) is 0 Å². The normalized spacial score (nSPS) is 10.6. The van der Waals surface area contributed by atoms with Crippen LogP contribution >= 0.6 is 11.3 Å². The lowest BCUT2D eigenvalue weighted by molar-refractivity contribution is 0.0703. The summed E-state index contributed by atoms with van der Waals surface area (Å²) in [6.07, 6.45) is 0. The second-order valence-electron chi connectivity index (χ2n) is 3.32. The Morgan fingerprint density at radius 3 is 2.88 bits per heavy atom. The average molecular weight is 236 g/mol. The zero-order valence-corrected chi connectivity index (χ0v) is 9.38. The van der Waals surface area contributed by atoms with E-state index < -0.39 is 5.97 Å². The third-order valence-electron chi connectivity index (χ3n) is 2.24. The lowest BCUT2D eigenvalue weighted by Crippen LogP contribution is -2.14. The van der Waals surface area contributed by atoms with Gasteiger partial charge in [0.15, 0.2) is 0 Å². The Morgan fingerprint density at radius 1 is 1.44 bits per heavy atom. The van der Waals surface area contributed by atoms with Crippen LogP contribution < -0.4 is 11.1 Å². The number of carbonyl (C=O) groups is 1. The van der Waals surface area contributed by atoms with Crippen LogP contribution in [0.1, 0.15) is 9.67 Å². The lowest BCUT2D eigenvalue weighted by Gasteiger charge is -2.04. The molecule has 0 saturated carbocycles. The third kappa shape index (κ3) is 1.87. The molecule has 1 aromatic heterocycles. The van der Waals surface area contributed by atoms with Crippen LogP contribution in [-0.2, 0) is 0 Å². The highest BCUT2D eigenvalue weighted by Gasteiger charge is 2.16. The summed E-state index contributed by atoms with van der Waals surface area (Å²) >= 11 is 1.28. The van der Waals surface area contributed by atoms with Crippen LogP contribution in [0.2, 0.25) is 0 Å². The molecule has 16 heavy (non-hydrogen) atoms. The summed E-state index contributed by atoms with van der Waals surface area (Å²) in [7, 11) is 0. The largest absolute Gasteiger partial charge is 0.477 e. The van der Waals surface area contributed by atoms with E-state index in [0.717, 1.165) is 10.1 Å². The molecule has 2 aromatic rings. The van der Waals surface area contributed by atoms with Gasteiger partial charge in [0.1, 0.15) is 4.88 Å². The molecule has 0 unspecified atom stereocenters. The number of hydrogen-bond donors (Lipinski definition) is 3. The Hall–Kier alpha value is -1.59. The minimum Gasteiger partial charge on any atom is -0.477 e. The quantitative estimate of drug-likeness (QED) is 0.758. The van der Waals surface area contributed by atoms with Crippen molar-refractivity contribution in [3.8, 4) is 0 Å². The summed E-state index contributed by atoms with van der Waals surface area (Å²) in [5, 5.41) is 13.1. The first-order valence-electron chi connectivity index (χ1n) is 4.93. The van der Waals surface area contributed by atoms with Gasteiger partial charge in [-0.3, -0.25) is 0 Å². The van der Waals surface area contributed by atoms with Crippen LogP contribution in [0.3, 0.4) is 0 Å². The number of benzene rings is 1. The summed E-state index contributed by atoms with van der Waals surface area (Å²) < 4.78 is 0.972. The number of carboxylic acid groups (broad SMARTS) is 1. The van der Waals surface area contributed by atoms with E-state index in [2.05, 4.69) is 5.32 Å². The molecule has 0 amide bonds. The van der Waals surface area contributed by atoms with Gasteiger partial charge in [-0.1, -0.05) is 18.2 Å². The molecular weight excluding hydrogens is 224 g/mol. The fourth-order valence-electron chi connectivity index (χ4n) is 1.57. The van der Waals surface area contributed by atoms with E-state index in [1.165, 1.54) is 11.3 Å². The molecule has 0 bridgehead atoms. The summed E-state index contributed by atoms with van der Waals surface area (Å²) in [6, 6.07) is 7.63. The highest BCUT2D eigenvalue weighted by atomic mass is 32.1. The number of fused-ring (bicyclic) bond motifs is 1. The minimum absolute atomic E-state index is 0.342. The fourth-order valence-corrected chi connectivity index (χ4v) is 2.59. The highest BCUT2D eigenvalue weighted by Crippen LogP contribution is 2.35. The molecule has 0 aliphatic rings. The first-order chi connectivity index (χ1) is 7.74. The van der Waals surface area contributed by atoms with E-state index in [1.54, 1.807) is 0 Å². The number of thiophene rings is 1. The maximum atomic E-state index is 11.1. The molecule has 0 spiro atoms. The molecule has 0 atom stereocenters. The fraction of sp³-hybridized carbons (Fsp3) is 0.182. The molecule has 0 radical (unpaired) electrons. The summed E-state index contributed by atoms with van der Waals surface area (Å²) in [5.74, 6) is -0.902. The minimum atomic E-state index is -0.902. The number of nitrogens with two attached hydrogens (primary N) is 1. The summed E-state index contributed by atoms with van der Waals surface area (Å²) in [6.45, 7) is 1.05. The van der Waals surface area contributed by atoms with Crippen LogP contribution in [0.25, 0.3) is 10.1 Å². The topological polar surface area (TPSA) is 75.3 Å². The van der Waals surface area contributed by atoms with Gasteiger partial charge in [-0.15, -0.1) is 11.3 Å². The van der Waals surface area contributed by atoms with E-state index in [4.69, 9.17) is 10.8 Å². The molecule has 0 aliphatic carbocycles. The number of aromatic carboxylic acids is 1. The van der Waals surface area contributed by atoms with Crippen molar-refractivity contribution in [2.45, 2.75) is 0 Å². The Balaban J connectivity index is 2.55. The zero-order chi connectivity index (χ0) is 11.5. The van der Waals surface area contributed by atoms with E-state index in [1.807, 2.05) is 24.3 Å². The monoisotopic (exact) mass is 236 g/mol. The van der Waals surface area contributed by atoms with Crippen molar-refractivity contribution < 1.29 is 9.90 Å². The molecule has 1 aromatic carbocycles. The smallest absolute Gasteiger partial charge is 0.348 e. The summed E-state index contributed by atoms with van der Waals surface area (Å²) in [5.41, 5.74) is 6.09. The van der Waals surface area contributed by atoms with Crippen molar-refractivity contribution >= 4 is 33.1 Å². The van der Waals surface area contributed by atoms with Gasteiger partial charge in [0.25, 0.3) is 0 Å². The van der Waals surface area contributed by atoms with Gasteiger partial charge < -0.3 is 16.2 Å². The zero-order valence-electron chi connectivity index (χ0n) is 8.56. The molecule has 0 saturated heterocycles. The van der Waals surface area contributed by atoms with Gasteiger partial charge in [0.05, 0.1) is 5.69 Å². The predicted octanol–water partition coefficient (Wildman–Crippen LogP) is 1.97. The highest BCUT2D eigenvalue weighted by molar-refractivity contribution is 7.21. The first kappa shape index (κ1) is 10.9. The SMILES string of the molecule is NCCNc1c(C(=O)O)sc2ccccc12. The Kier molecular flexibility index (Phi) is 3.07.